The van der Waals surface area contributed by atoms with Gasteiger partial charge < -0.3 is 5.32 Å². The van der Waals surface area contributed by atoms with E-state index in [4.69, 9.17) is 10.5 Å². The van der Waals surface area contributed by atoms with Gasteiger partial charge >= 0.3 is 0 Å². The molecule has 0 aliphatic rings. The normalized spacial score (nSPS) is 8.54. The summed E-state index contributed by atoms with van der Waals surface area (Å²) in [6.07, 6.45) is 0. The topological polar surface area (TPSA) is 72.5 Å². The fourth-order valence-corrected chi connectivity index (χ4v) is 0.905. The predicted molar refractivity (Wildman–Crippen MR) is 47.8 cm³/mol. The number of aryl methyl sites for hydroxylation is 1. The van der Waals surface area contributed by atoms with Crippen molar-refractivity contribution >= 4 is 5.82 Å². The van der Waals surface area contributed by atoms with Gasteiger partial charge in [0, 0.05) is 5.69 Å². The van der Waals surface area contributed by atoms with E-state index in [0.717, 1.165) is 5.69 Å². The van der Waals surface area contributed by atoms with E-state index in [9.17, 15) is 0 Å². The summed E-state index contributed by atoms with van der Waals surface area (Å²) in [4.78, 5) is 4.10. The van der Waals surface area contributed by atoms with Crippen LogP contribution in [0.5, 0.6) is 0 Å². The summed E-state index contributed by atoms with van der Waals surface area (Å²) in [5.74, 6) is 0.476. The molecule has 4 nitrogen and oxygen atoms in total. The van der Waals surface area contributed by atoms with Crippen molar-refractivity contribution in [3.8, 4) is 12.1 Å². The highest BCUT2D eigenvalue weighted by molar-refractivity contribution is 5.52. The lowest BCUT2D eigenvalue weighted by atomic mass is 10.2. The first-order valence-corrected chi connectivity index (χ1v) is 3.76. The van der Waals surface area contributed by atoms with Crippen LogP contribution in [0.4, 0.5) is 5.82 Å². The molecule has 1 heterocycles. The molecule has 0 atom stereocenters. The number of pyridine rings is 1. The molecule has 1 aromatic heterocycles. The zero-order valence-corrected chi connectivity index (χ0v) is 7.20. The van der Waals surface area contributed by atoms with E-state index >= 15 is 0 Å². The van der Waals surface area contributed by atoms with Gasteiger partial charge in [-0.3, -0.25) is 0 Å². The van der Waals surface area contributed by atoms with Crippen molar-refractivity contribution in [2.75, 3.05) is 11.9 Å². The zero-order valence-electron chi connectivity index (χ0n) is 7.20. The lowest BCUT2D eigenvalue weighted by molar-refractivity contribution is 1.15. The standard InChI is InChI=1S/C9H8N4/c1-7-2-3-8(6-11)9(13-7)12-5-4-10/h2-3H,5H2,1H3,(H,12,13). The van der Waals surface area contributed by atoms with Gasteiger partial charge in [-0.15, -0.1) is 0 Å². The van der Waals surface area contributed by atoms with E-state index < -0.39 is 0 Å². The number of hydrogen-bond donors (Lipinski definition) is 1. The molecular formula is C9H8N4. The predicted octanol–water partition coefficient (Wildman–Crippen LogP) is 1.20. The van der Waals surface area contributed by atoms with Crippen LogP contribution in [0.2, 0.25) is 0 Å². The fraction of sp³-hybridized carbons (Fsp3) is 0.222. The lowest BCUT2D eigenvalue weighted by Gasteiger charge is -2.03. The van der Waals surface area contributed by atoms with Crippen LogP contribution in [-0.2, 0) is 0 Å². The van der Waals surface area contributed by atoms with Gasteiger partial charge in [-0.2, -0.15) is 10.5 Å². The molecule has 1 rings (SSSR count). The van der Waals surface area contributed by atoms with Crippen molar-refractivity contribution in [2.24, 2.45) is 0 Å². The molecule has 0 aromatic carbocycles. The molecule has 4 heteroatoms. The number of aromatic nitrogens is 1. The molecule has 0 bridgehead atoms. The second-order valence-electron chi connectivity index (χ2n) is 2.47. The number of anilines is 1. The van der Waals surface area contributed by atoms with Crippen molar-refractivity contribution < 1.29 is 0 Å². The Bertz CT molecular complexity index is 384. The van der Waals surface area contributed by atoms with E-state index in [1.165, 1.54) is 0 Å². The maximum atomic E-state index is 8.70. The first kappa shape index (κ1) is 9.02. The molecular weight excluding hydrogens is 164 g/mol. The quantitative estimate of drug-likeness (QED) is 0.680. The minimum absolute atomic E-state index is 0.158. The number of nitrogens with zero attached hydrogens (tertiary/aromatic N) is 3. The summed E-state index contributed by atoms with van der Waals surface area (Å²) >= 11 is 0. The van der Waals surface area contributed by atoms with E-state index in [-0.39, 0.29) is 6.54 Å². The first-order chi connectivity index (χ1) is 6.27. The van der Waals surface area contributed by atoms with Crippen LogP contribution < -0.4 is 5.32 Å². The van der Waals surface area contributed by atoms with Crippen molar-refractivity contribution in [1.82, 2.24) is 4.98 Å². The molecule has 0 aliphatic carbocycles. The fourth-order valence-electron chi connectivity index (χ4n) is 0.905. The summed E-state index contributed by atoms with van der Waals surface area (Å²) in [6.45, 7) is 1.99. The largest absolute Gasteiger partial charge is 0.356 e. The first-order valence-electron chi connectivity index (χ1n) is 3.76. The highest BCUT2D eigenvalue weighted by atomic mass is 15.0. The van der Waals surface area contributed by atoms with Crippen LogP contribution in [-0.4, -0.2) is 11.5 Å². The Morgan fingerprint density at radius 2 is 2.23 bits per heavy atom. The smallest absolute Gasteiger partial charge is 0.145 e. The molecule has 1 aromatic rings. The van der Waals surface area contributed by atoms with Gasteiger partial charge in [-0.1, -0.05) is 0 Å². The second-order valence-corrected chi connectivity index (χ2v) is 2.47. The van der Waals surface area contributed by atoms with Crippen LogP contribution in [0.1, 0.15) is 11.3 Å². The van der Waals surface area contributed by atoms with Gasteiger partial charge in [0.2, 0.25) is 0 Å². The molecule has 64 valence electrons. The Morgan fingerprint density at radius 1 is 1.46 bits per heavy atom. The molecule has 0 fully saturated rings. The van der Waals surface area contributed by atoms with Crippen molar-refractivity contribution in [3.05, 3.63) is 23.4 Å². The molecule has 13 heavy (non-hydrogen) atoms. The molecule has 0 amide bonds. The molecule has 0 saturated carbocycles. The highest BCUT2D eigenvalue weighted by Crippen LogP contribution is 2.11. The van der Waals surface area contributed by atoms with E-state index in [1.807, 2.05) is 19.1 Å². The Morgan fingerprint density at radius 3 is 2.85 bits per heavy atom. The molecule has 0 saturated heterocycles. The van der Waals surface area contributed by atoms with Crippen molar-refractivity contribution in [2.45, 2.75) is 6.92 Å². The summed E-state index contributed by atoms with van der Waals surface area (Å²) < 4.78 is 0. The maximum absolute atomic E-state index is 8.70. The molecule has 0 aliphatic heterocycles. The van der Waals surface area contributed by atoms with Crippen LogP contribution >= 0.6 is 0 Å². The highest BCUT2D eigenvalue weighted by Gasteiger charge is 2.01. The second kappa shape index (κ2) is 4.08. The maximum Gasteiger partial charge on any atom is 0.145 e. The van der Waals surface area contributed by atoms with Crippen LogP contribution in [0.3, 0.4) is 0 Å². The Labute approximate surface area is 76.4 Å². The number of rotatable bonds is 2. The average Bonchev–Trinajstić information content (AvgIpc) is 2.15. The van der Waals surface area contributed by atoms with Crippen molar-refractivity contribution in [3.63, 3.8) is 0 Å². The van der Waals surface area contributed by atoms with Gasteiger partial charge in [0.05, 0.1) is 11.6 Å². The monoisotopic (exact) mass is 172 g/mol. The molecule has 0 spiro atoms. The number of nitrogens with one attached hydrogen (secondary N) is 1. The van der Waals surface area contributed by atoms with E-state index in [1.54, 1.807) is 12.1 Å². The summed E-state index contributed by atoms with van der Waals surface area (Å²) in [7, 11) is 0. The summed E-state index contributed by atoms with van der Waals surface area (Å²) in [6, 6.07) is 7.37. The van der Waals surface area contributed by atoms with Crippen LogP contribution in [0.15, 0.2) is 12.1 Å². The Balaban J connectivity index is 2.97. The minimum Gasteiger partial charge on any atom is -0.356 e. The van der Waals surface area contributed by atoms with Gasteiger partial charge in [0.25, 0.3) is 0 Å². The van der Waals surface area contributed by atoms with Gasteiger partial charge in [-0.05, 0) is 19.1 Å². The summed E-state index contributed by atoms with van der Waals surface area (Å²) in [5, 5.41) is 19.8. The SMILES string of the molecule is Cc1ccc(C#N)c(NCC#N)n1. The number of nitriles is 2. The van der Waals surface area contributed by atoms with Gasteiger partial charge in [0.15, 0.2) is 0 Å². The third-order valence-corrected chi connectivity index (χ3v) is 1.49. The van der Waals surface area contributed by atoms with E-state index in [2.05, 4.69) is 10.3 Å². The lowest BCUT2D eigenvalue weighted by Crippen LogP contribution is -2.03. The van der Waals surface area contributed by atoms with Crippen LogP contribution in [0.25, 0.3) is 0 Å². The molecule has 1 N–H and O–H groups in total. The third-order valence-electron chi connectivity index (χ3n) is 1.49. The minimum atomic E-state index is 0.158. The third kappa shape index (κ3) is 2.18. The van der Waals surface area contributed by atoms with E-state index in [0.29, 0.717) is 11.4 Å². The van der Waals surface area contributed by atoms with Gasteiger partial charge in [0.1, 0.15) is 18.4 Å². The molecule has 0 radical (unpaired) electrons. The number of hydrogen-bond acceptors (Lipinski definition) is 4. The van der Waals surface area contributed by atoms with Crippen molar-refractivity contribution in [1.29, 1.82) is 10.5 Å². The van der Waals surface area contributed by atoms with Gasteiger partial charge in [-0.25, -0.2) is 4.98 Å². The Kier molecular flexibility index (Phi) is 2.83. The Hall–Kier alpha value is -2.07. The summed E-state index contributed by atoms with van der Waals surface area (Å²) in [5.41, 5.74) is 1.28. The average molecular weight is 172 g/mol. The van der Waals surface area contributed by atoms with Crippen LogP contribution in [0, 0.1) is 29.6 Å². The zero-order chi connectivity index (χ0) is 9.68. The molecule has 0 unspecified atom stereocenters.